The van der Waals surface area contributed by atoms with E-state index in [1.165, 1.54) is 31.2 Å². The molecule has 0 bridgehead atoms. The molecular formula is C18H30N2O. The Morgan fingerprint density at radius 2 is 1.90 bits per heavy atom. The van der Waals surface area contributed by atoms with Crippen LogP contribution in [0.3, 0.4) is 0 Å². The van der Waals surface area contributed by atoms with Gasteiger partial charge in [-0.15, -0.1) is 0 Å². The topological polar surface area (TPSA) is 55.1 Å². The second kappa shape index (κ2) is 10.4. The highest BCUT2D eigenvalue weighted by Gasteiger charge is 2.18. The predicted octanol–water partition coefficient (Wildman–Crippen LogP) is 3.28. The predicted molar refractivity (Wildman–Crippen MR) is 89.1 cm³/mol. The van der Waals surface area contributed by atoms with Crippen LogP contribution in [0, 0.1) is 5.92 Å². The van der Waals surface area contributed by atoms with E-state index < -0.39 is 0 Å². The molecule has 0 aliphatic carbocycles. The van der Waals surface area contributed by atoms with Crippen molar-refractivity contribution in [2.45, 2.75) is 58.4 Å². The van der Waals surface area contributed by atoms with Crippen LogP contribution in [-0.2, 0) is 11.2 Å². The molecule has 2 atom stereocenters. The maximum absolute atomic E-state index is 12.3. The number of benzene rings is 1. The lowest BCUT2D eigenvalue weighted by atomic mass is 9.98. The first-order chi connectivity index (χ1) is 10.2. The monoisotopic (exact) mass is 290 g/mol. The highest BCUT2D eigenvalue weighted by Crippen LogP contribution is 2.10. The first kappa shape index (κ1) is 17.7. The summed E-state index contributed by atoms with van der Waals surface area (Å²) in [6.45, 7) is 4.68. The third-order valence-corrected chi connectivity index (χ3v) is 3.86. The highest BCUT2D eigenvalue weighted by molar-refractivity contribution is 5.79. The molecule has 3 nitrogen and oxygen atoms in total. The third-order valence-electron chi connectivity index (χ3n) is 3.86. The number of nitrogens with two attached hydrogens (primary N) is 1. The summed E-state index contributed by atoms with van der Waals surface area (Å²) in [6, 6.07) is 10.3. The Balaban J connectivity index is 2.37. The SMILES string of the molecule is CCCCCCC(C)NC(=O)C(CN)Cc1ccccc1. The first-order valence-corrected chi connectivity index (χ1v) is 8.21. The summed E-state index contributed by atoms with van der Waals surface area (Å²) in [7, 11) is 0. The number of hydrogen-bond acceptors (Lipinski definition) is 2. The Labute approximate surface area is 129 Å². The molecule has 21 heavy (non-hydrogen) atoms. The molecule has 0 saturated heterocycles. The van der Waals surface area contributed by atoms with E-state index in [1.807, 2.05) is 30.3 Å². The minimum atomic E-state index is -0.134. The van der Waals surface area contributed by atoms with Crippen molar-refractivity contribution in [3.05, 3.63) is 35.9 Å². The van der Waals surface area contributed by atoms with E-state index in [0.29, 0.717) is 13.0 Å². The maximum atomic E-state index is 12.3. The molecular weight excluding hydrogens is 260 g/mol. The lowest BCUT2D eigenvalue weighted by molar-refractivity contribution is -0.125. The normalized spacial score (nSPS) is 13.7. The van der Waals surface area contributed by atoms with E-state index in [2.05, 4.69) is 19.2 Å². The Morgan fingerprint density at radius 1 is 1.19 bits per heavy atom. The number of hydrogen-bond donors (Lipinski definition) is 2. The van der Waals surface area contributed by atoms with Gasteiger partial charge in [0.25, 0.3) is 0 Å². The Kier molecular flexibility index (Phi) is 8.76. The van der Waals surface area contributed by atoms with E-state index in [4.69, 9.17) is 5.73 Å². The summed E-state index contributed by atoms with van der Waals surface area (Å²) in [5.41, 5.74) is 6.94. The van der Waals surface area contributed by atoms with Gasteiger partial charge in [0.1, 0.15) is 0 Å². The number of rotatable bonds is 10. The van der Waals surface area contributed by atoms with Crippen LogP contribution in [0.25, 0.3) is 0 Å². The fraction of sp³-hybridized carbons (Fsp3) is 0.611. The molecule has 0 spiro atoms. The van der Waals surface area contributed by atoms with Gasteiger partial charge in [-0.05, 0) is 25.3 Å². The molecule has 3 N–H and O–H groups in total. The summed E-state index contributed by atoms with van der Waals surface area (Å²) in [6.07, 6.45) is 6.72. The van der Waals surface area contributed by atoms with Gasteiger partial charge >= 0.3 is 0 Å². The summed E-state index contributed by atoms with van der Waals surface area (Å²) in [5.74, 6) is -0.0464. The van der Waals surface area contributed by atoms with Crippen molar-refractivity contribution < 1.29 is 4.79 Å². The van der Waals surface area contributed by atoms with Crippen LogP contribution in [-0.4, -0.2) is 18.5 Å². The minimum absolute atomic E-state index is 0.0874. The molecule has 0 aromatic heterocycles. The van der Waals surface area contributed by atoms with Crippen molar-refractivity contribution in [2.24, 2.45) is 11.7 Å². The first-order valence-electron chi connectivity index (χ1n) is 8.21. The summed E-state index contributed by atoms with van der Waals surface area (Å²) in [4.78, 5) is 12.3. The zero-order chi connectivity index (χ0) is 15.5. The van der Waals surface area contributed by atoms with Gasteiger partial charge in [0, 0.05) is 12.6 Å². The third kappa shape index (κ3) is 7.28. The summed E-state index contributed by atoms with van der Waals surface area (Å²) >= 11 is 0. The van der Waals surface area contributed by atoms with Gasteiger partial charge in [-0.3, -0.25) is 4.79 Å². The van der Waals surface area contributed by atoms with E-state index in [-0.39, 0.29) is 17.9 Å². The number of nitrogens with one attached hydrogen (secondary N) is 1. The Morgan fingerprint density at radius 3 is 2.52 bits per heavy atom. The molecule has 0 radical (unpaired) electrons. The number of carbonyl (C=O) groups excluding carboxylic acids is 1. The van der Waals surface area contributed by atoms with Gasteiger partial charge in [0.2, 0.25) is 5.91 Å². The fourth-order valence-electron chi connectivity index (χ4n) is 2.49. The van der Waals surface area contributed by atoms with Gasteiger partial charge in [-0.2, -0.15) is 0 Å². The van der Waals surface area contributed by atoms with Crippen molar-refractivity contribution >= 4 is 5.91 Å². The number of unbranched alkanes of at least 4 members (excludes halogenated alkanes) is 3. The molecule has 0 heterocycles. The van der Waals surface area contributed by atoms with Crippen LogP contribution >= 0.6 is 0 Å². The van der Waals surface area contributed by atoms with Crippen LogP contribution in [0.5, 0.6) is 0 Å². The molecule has 2 unspecified atom stereocenters. The zero-order valence-corrected chi connectivity index (χ0v) is 13.5. The molecule has 1 aromatic carbocycles. The van der Waals surface area contributed by atoms with Crippen LogP contribution in [0.15, 0.2) is 30.3 Å². The lowest BCUT2D eigenvalue weighted by Gasteiger charge is -2.19. The van der Waals surface area contributed by atoms with Crippen LogP contribution in [0.1, 0.15) is 51.5 Å². The maximum Gasteiger partial charge on any atom is 0.224 e. The van der Waals surface area contributed by atoms with Crippen molar-refractivity contribution in [2.75, 3.05) is 6.54 Å². The lowest BCUT2D eigenvalue weighted by Crippen LogP contribution is -2.40. The van der Waals surface area contributed by atoms with Gasteiger partial charge in [-0.1, -0.05) is 62.9 Å². The minimum Gasteiger partial charge on any atom is -0.353 e. The van der Waals surface area contributed by atoms with Gasteiger partial charge in [0.15, 0.2) is 0 Å². The molecule has 3 heteroatoms. The average Bonchev–Trinajstić information content (AvgIpc) is 2.50. The standard InChI is InChI=1S/C18H30N2O/c1-3-4-5-7-10-15(2)20-18(21)17(14-19)13-16-11-8-6-9-12-16/h6,8-9,11-12,15,17H,3-5,7,10,13-14,19H2,1-2H3,(H,20,21). The van der Waals surface area contributed by atoms with Gasteiger partial charge in [-0.25, -0.2) is 0 Å². The molecule has 0 aliphatic rings. The van der Waals surface area contributed by atoms with Crippen molar-refractivity contribution in [3.63, 3.8) is 0 Å². The molecule has 1 amide bonds. The van der Waals surface area contributed by atoms with Gasteiger partial charge in [0.05, 0.1) is 5.92 Å². The zero-order valence-electron chi connectivity index (χ0n) is 13.5. The Hall–Kier alpha value is -1.35. The number of carbonyl (C=O) groups is 1. The largest absolute Gasteiger partial charge is 0.353 e. The van der Waals surface area contributed by atoms with Crippen molar-refractivity contribution in [3.8, 4) is 0 Å². The quantitative estimate of drug-likeness (QED) is 0.650. The summed E-state index contributed by atoms with van der Waals surface area (Å²) in [5, 5.41) is 3.11. The molecule has 1 aromatic rings. The van der Waals surface area contributed by atoms with E-state index in [9.17, 15) is 4.79 Å². The van der Waals surface area contributed by atoms with Crippen LogP contribution in [0.2, 0.25) is 0 Å². The van der Waals surface area contributed by atoms with Crippen LogP contribution in [0.4, 0.5) is 0 Å². The molecule has 0 fully saturated rings. The molecule has 0 aliphatic heterocycles. The molecule has 118 valence electrons. The Bertz CT molecular complexity index is 391. The second-order valence-corrected chi connectivity index (χ2v) is 5.88. The number of amides is 1. The van der Waals surface area contributed by atoms with Crippen molar-refractivity contribution in [1.82, 2.24) is 5.32 Å². The van der Waals surface area contributed by atoms with E-state index in [1.54, 1.807) is 0 Å². The second-order valence-electron chi connectivity index (χ2n) is 5.88. The van der Waals surface area contributed by atoms with E-state index >= 15 is 0 Å². The van der Waals surface area contributed by atoms with Gasteiger partial charge < -0.3 is 11.1 Å². The highest BCUT2D eigenvalue weighted by atomic mass is 16.1. The summed E-state index contributed by atoms with van der Waals surface area (Å²) < 4.78 is 0. The smallest absolute Gasteiger partial charge is 0.224 e. The molecule has 0 saturated carbocycles. The molecule has 1 rings (SSSR count). The van der Waals surface area contributed by atoms with E-state index in [0.717, 1.165) is 6.42 Å². The average molecular weight is 290 g/mol. The van der Waals surface area contributed by atoms with Crippen molar-refractivity contribution in [1.29, 1.82) is 0 Å². The van der Waals surface area contributed by atoms with Crippen LogP contribution < -0.4 is 11.1 Å². The fourth-order valence-corrected chi connectivity index (χ4v) is 2.49.